The Morgan fingerprint density at radius 1 is 1.19 bits per heavy atom. The van der Waals surface area contributed by atoms with Gasteiger partial charge < -0.3 is 10.1 Å². The van der Waals surface area contributed by atoms with Gasteiger partial charge in [-0.25, -0.2) is 0 Å². The summed E-state index contributed by atoms with van der Waals surface area (Å²) in [7, 11) is 1.82. The first-order valence-electron chi connectivity index (χ1n) is 6.87. The Morgan fingerprint density at radius 3 is 2.62 bits per heavy atom. The summed E-state index contributed by atoms with van der Waals surface area (Å²) < 4.78 is 5.35. The highest BCUT2D eigenvalue weighted by atomic mass is 16.5. The van der Waals surface area contributed by atoms with Gasteiger partial charge in [0, 0.05) is 38.8 Å². The van der Waals surface area contributed by atoms with Crippen LogP contribution in [0.25, 0.3) is 0 Å². The van der Waals surface area contributed by atoms with Crippen LogP contribution in [0.3, 0.4) is 0 Å². The number of hydrogen-bond donors (Lipinski definition) is 1. The van der Waals surface area contributed by atoms with Crippen molar-refractivity contribution in [3.8, 4) is 0 Å². The largest absolute Gasteiger partial charge is 0.383 e. The summed E-state index contributed by atoms with van der Waals surface area (Å²) in [5.74, 6) is 0. The van der Waals surface area contributed by atoms with Crippen LogP contribution in [0.1, 0.15) is 38.5 Å². The van der Waals surface area contributed by atoms with Crippen molar-refractivity contribution in [1.82, 2.24) is 10.2 Å². The molecule has 1 aliphatic carbocycles. The normalized spacial score (nSPS) is 30.2. The summed E-state index contributed by atoms with van der Waals surface area (Å²) in [6, 6.07) is 1.42. The van der Waals surface area contributed by atoms with Crippen LogP contribution >= 0.6 is 0 Å². The molecule has 3 nitrogen and oxygen atoms in total. The van der Waals surface area contributed by atoms with E-state index in [9.17, 15) is 0 Å². The number of ether oxygens (including phenoxy) is 1. The minimum atomic E-state index is 0.599. The average Bonchev–Trinajstić information content (AvgIpc) is 2.59. The molecule has 0 amide bonds. The summed E-state index contributed by atoms with van der Waals surface area (Å²) in [6.07, 6.45) is 8.54. The smallest absolute Gasteiger partial charge is 0.0630 e. The number of piperazine rings is 1. The fraction of sp³-hybridized carbons (Fsp3) is 1.00. The highest BCUT2D eigenvalue weighted by Crippen LogP contribution is 2.24. The van der Waals surface area contributed by atoms with Crippen molar-refractivity contribution >= 4 is 0 Å². The first-order valence-corrected chi connectivity index (χ1v) is 6.87. The summed E-state index contributed by atoms with van der Waals surface area (Å²) in [5.41, 5.74) is 0. The Balaban J connectivity index is 1.92. The second-order valence-corrected chi connectivity index (χ2v) is 5.20. The van der Waals surface area contributed by atoms with Gasteiger partial charge in [-0.15, -0.1) is 0 Å². The molecule has 0 bridgehead atoms. The van der Waals surface area contributed by atoms with E-state index in [-0.39, 0.29) is 0 Å². The van der Waals surface area contributed by atoms with Gasteiger partial charge in [-0.2, -0.15) is 0 Å². The predicted molar refractivity (Wildman–Crippen MR) is 66.7 cm³/mol. The highest BCUT2D eigenvalue weighted by Gasteiger charge is 2.28. The van der Waals surface area contributed by atoms with E-state index >= 15 is 0 Å². The van der Waals surface area contributed by atoms with E-state index in [0.29, 0.717) is 6.04 Å². The minimum absolute atomic E-state index is 0.599. The third kappa shape index (κ3) is 3.19. The van der Waals surface area contributed by atoms with Crippen molar-refractivity contribution < 1.29 is 4.74 Å². The third-order valence-corrected chi connectivity index (χ3v) is 4.05. The van der Waals surface area contributed by atoms with Crippen molar-refractivity contribution in [3.05, 3.63) is 0 Å². The maximum Gasteiger partial charge on any atom is 0.0630 e. The summed E-state index contributed by atoms with van der Waals surface area (Å²) in [4.78, 5) is 2.71. The molecule has 3 heteroatoms. The van der Waals surface area contributed by atoms with E-state index in [0.717, 1.165) is 25.7 Å². The van der Waals surface area contributed by atoms with Crippen LogP contribution in [0.4, 0.5) is 0 Å². The van der Waals surface area contributed by atoms with E-state index < -0.39 is 0 Å². The lowest BCUT2D eigenvalue weighted by Gasteiger charge is -2.41. The molecule has 2 rings (SSSR count). The number of methoxy groups -OCH3 is 1. The summed E-state index contributed by atoms with van der Waals surface area (Å²) in [5, 5.41) is 3.48. The number of nitrogens with zero attached hydrogens (tertiary/aromatic N) is 1. The van der Waals surface area contributed by atoms with Crippen molar-refractivity contribution in [1.29, 1.82) is 0 Å². The summed E-state index contributed by atoms with van der Waals surface area (Å²) in [6.45, 7) is 4.34. The molecule has 1 saturated carbocycles. The van der Waals surface area contributed by atoms with Crippen molar-refractivity contribution in [2.45, 2.75) is 50.6 Å². The standard InChI is InChI=1S/C13H26N2O/c1-16-11-13-10-14-8-9-15(13)12-6-4-2-3-5-7-12/h12-14H,2-11H2,1H3. The molecule has 1 N–H and O–H groups in total. The molecule has 1 unspecified atom stereocenters. The molecule has 0 aromatic heterocycles. The Labute approximate surface area is 99.5 Å². The first kappa shape index (κ1) is 12.3. The predicted octanol–water partition coefficient (Wildman–Crippen LogP) is 1.63. The lowest BCUT2D eigenvalue weighted by Crippen LogP contribution is -2.56. The molecule has 0 aromatic carbocycles. The van der Waals surface area contributed by atoms with E-state index in [4.69, 9.17) is 4.74 Å². The maximum atomic E-state index is 5.35. The summed E-state index contributed by atoms with van der Waals surface area (Å²) >= 11 is 0. The maximum absolute atomic E-state index is 5.35. The van der Waals surface area contributed by atoms with Gasteiger partial charge in [0.15, 0.2) is 0 Å². The van der Waals surface area contributed by atoms with Gasteiger partial charge in [0.2, 0.25) is 0 Å². The monoisotopic (exact) mass is 226 g/mol. The Bertz CT molecular complexity index is 188. The van der Waals surface area contributed by atoms with Crippen LogP contribution in [0.2, 0.25) is 0 Å². The zero-order valence-electron chi connectivity index (χ0n) is 10.6. The molecular weight excluding hydrogens is 200 g/mol. The molecule has 16 heavy (non-hydrogen) atoms. The first-order chi connectivity index (χ1) is 7.92. The van der Waals surface area contributed by atoms with E-state index in [1.54, 1.807) is 0 Å². The van der Waals surface area contributed by atoms with Gasteiger partial charge in [0.1, 0.15) is 0 Å². The van der Waals surface area contributed by atoms with Crippen molar-refractivity contribution in [2.75, 3.05) is 33.4 Å². The Hall–Kier alpha value is -0.120. The van der Waals surface area contributed by atoms with Gasteiger partial charge in [0.25, 0.3) is 0 Å². The van der Waals surface area contributed by atoms with Crippen molar-refractivity contribution in [2.24, 2.45) is 0 Å². The molecular formula is C13H26N2O. The fourth-order valence-corrected chi connectivity index (χ4v) is 3.19. The van der Waals surface area contributed by atoms with Crippen molar-refractivity contribution in [3.63, 3.8) is 0 Å². The van der Waals surface area contributed by atoms with Gasteiger partial charge in [0.05, 0.1) is 6.61 Å². The molecule has 2 aliphatic rings. The Morgan fingerprint density at radius 2 is 1.94 bits per heavy atom. The van der Waals surface area contributed by atoms with Crippen LogP contribution in [0, 0.1) is 0 Å². The molecule has 1 aliphatic heterocycles. The fourth-order valence-electron chi connectivity index (χ4n) is 3.19. The van der Waals surface area contributed by atoms with Crippen LogP contribution in [-0.4, -0.2) is 50.3 Å². The quantitative estimate of drug-likeness (QED) is 0.740. The molecule has 0 spiro atoms. The van der Waals surface area contributed by atoms with Gasteiger partial charge in [-0.1, -0.05) is 25.7 Å². The van der Waals surface area contributed by atoms with Gasteiger partial charge >= 0.3 is 0 Å². The van der Waals surface area contributed by atoms with Crippen LogP contribution < -0.4 is 5.32 Å². The highest BCUT2D eigenvalue weighted by molar-refractivity contribution is 4.85. The molecule has 1 heterocycles. The minimum Gasteiger partial charge on any atom is -0.383 e. The molecule has 0 aromatic rings. The Kier molecular flexibility index (Phi) is 5.07. The average molecular weight is 226 g/mol. The van der Waals surface area contributed by atoms with Gasteiger partial charge in [-0.3, -0.25) is 4.90 Å². The SMILES string of the molecule is COCC1CNCCN1C1CCCCCC1. The number of nitrogens with one attached hydrogen (secondary N) is 1. The lowest BCUT2D eigenvalue weighted by atomic mass is 10.0. The number of rotatable bonds is 3. The molecule has 1 saturated heterocycles. The lowest BCUT2D eigenvalue weighted by molar-refractivity contribution is 0.0390. The zero-order chi connectivity index (χ0) is 11.2. The topological polar surface area (TPSA) is 24.5 Å². The van der Waals surface area contributed by atoms with Crippen LogP contribution in [0.15, 0.2) is 0 Å². The van der Waals surface area contributed by atoms with E-state index in [1.165, 1.54) is 45.1 Å². The molecule has 94 valence electrons. The van der Waals surface area contributed by atoms with Gasteiger partial charge in [-0.05, 0) is 12.8 Å². The third-order valence-electron chi connectivity index (χ3n) is 4.05. The van der Waals surface area contributed by atoms with E-state index in [2.05, 4.69) is 10.2 Å². The number of hydrogen-bond acceptors (Lipinski definition) is 3. The second-order valence-electron chi connectivity index (χ2n) is 5.20. The molecule has 0 radical (unpaired) electrons. The van der Waals surface area contributed by atoms with Crippen LogP contribution in [0.5, 0.6) is 0 Å². The second kappa shape index (κ2) is 6.58. The van der Waals surface area contributed by atoms with Crippen LogP contribution in [-0.2, 0) is 4.74 Å². The zero-order valence-corrected chi connectivity index (χ0v) is 10.6. The molecule has 1 atom stereocenters. The van der Waals surface area contributed by atoms with E-state index in [1.807, 2.05) is 7.11 Å². The molecule has 2 fully saturated rings.